The molecule has 0 amide bonds. The molecule has 0 N–H and O–H groups in total. The zero-order valence-corrected chi connectivity index (χ0v) is 11.7. The zero-order chi connectivity index (χ0) is 14.1. The molecule has 1 aliphatic heterocycles. The molecule has 3 rings (SSSR count). The zero-order valence-electron chi connectivity index (χ0n) is 11.7. The molecule has 1 aliphatic rings. The SMILES string of the molecule is COCc1cccc(-c2cc(F)cc3c2OC(C)C3)c1. The normalized spacial score (nSPS) is 16.9. The summed E-state index contributed by atoms with van der Waals surface area (Å²) in [7, 11) is 1.66. The predicted molar refractivity (Wildman–Crippen MR) is 76.3 cm³/mol. The van der Waals surface area contributed by atoms with Gasteiger partial charge in [-0.1, -0.05) is 18.2 Å². The van der Waals surface area contributed by atoms with Crippen molar-refractivity contribution in [1.82, 2.24) is 0 Å². The molecule has 2 aromatic rings. The van der Waals surface area contributed by atoms with E-state index in [0.717, 1.165) is 34.4 Å². The highest BCUT2D eigenvalue weighted by molar-refractivity contribution is 5.73. The molecule has 0 aliphatic carbocycles. The van der Waals surface area contributed by atoms with Gasteiger partial charge in [0.05, 0.1) is 6.61 Å². The van der Waals surface area contributed by atoms with Crippen molar-refractivity contribution in [3.8, 4) is 16.9 Å². The second-order valence-corrected chi connectivity index (χ2v) is 5.21. The van der Waals surface area contributed by atoms with Crippen LogP contribution in [0.5, 0.6) is 5.75 Å². The summed E-state index contributed by atoms with van der Waals surface area (Å²) in [5, 5.41) is 0. The summed E-state index contributed by atoms with van der Waals surface area (Å²) in [5.41, 5.74) is 3.80. The van der Waals surface area contributed by atoms with Crippen LogP contribution in [-0.2, 0) is 17.8 Å². The third-order valence-corrected chi connectivity index (χ3v) is 3.51. The van der Waals surface area contributed by atoms with Gasteiger partial charge in [0.1, 0.15) is 17.7 Å². The third kappa shape index (κ3) is 2.41. The lowest BCUT2D eigenvalue weighted by Crippen LogP contribution is -2.05. The summed E-state index contributed by atoms with van der Waals surface area (Å²) >= 11 is 0. The minimum absolute atomic E-state index is 0.104. The molecule has 0 saturated heterocycles. The number of ether oxygens (including phenoxy) is 2. The van der Waals surface area contributed by atoms with E-state index in [2.05, 4.69) is 0 Å². The van der Waals surface area contributed by atoms with Crippen molar-refractivity contribution in [2.45, 2.75) is 26.1 Å². The fraction of sp³-hybridized carbons (Fsp3) is 0.294. The van der Waals surface area contributed by atoms with Crippen molar-refractivity contribution in [2.75, 3.05) is 7.11 Å². The number of halogens is 1. The van der Waals surface area contributed by atoms with E-state index in [1.165, 1.54) is 0 Å². The highest BCUT2D eigenvalue weighted by Gasteiger charge is 2.24. The minimum atomic E-state index is -0.214. The average molecular weight is 272 g/mol. The van der Waals surface area contributed by atoms with Crippen LogP contribution in [0.2, 0.25) is 0 Å². The number of fused-ring (bicyclic) bond motifs is 1. The highest BCUT2D eigenvalue weighted by Crippen LogP contribution is 2.39. The van der Waals surface area contributed by atoms with E-state index >= 15 is 0 Å². The second kappa shape index (κ2) is 5.25. The van der Waals surface area contributed by atoms with Gasteiger partial charge in [0, 0.05) is 24.7 Å². The van der Waals surface area contributed by atoms with Gasteiger partial charge in [-0.2, -0.15) is 0 Å². The van der Waals surface area contributed by atoms with Gasteiger partial charge in [0.15, 0.2) is 0 Å². The van der Waals surface area contributed by atoms with Gasteiger partial charge in [0.2, 0.25) is 0 Å². The Labute approximate surface area is 118 Å². The third-order valence-electron chi connectivity index (χ3n) is 3.51. The molecule has 0 spiro atoms. The van der Waals surface area contributed by atoms with Gasteiger partial charge in [-0.05, 0) is 36.2 Å². The fourth-order valence-electron chi connectivity index (χ4n) is 2.70. The Morgan fingerprint density at radius 3 is 2.95 bits per heavy atom. The summed E-state index contributed by atoms with van der Waals surface area (Å²) in [6.07, 6.45) is 0.866. The molecule has 0 radical (unpaired) electrons. The highest BCUT2D eigenvalue weighted by atomic mass is 19.1. The molecule has 0 bridgehead atoms. The molecular formula is C17H17FO2. The Balaban J connectivity index is 2.08. The van der Waals surface area contributed by atoms with Crippen LogP contribution in [0.3, 0.4) is 0 Å². The maximum Gasteiger partial charge on any atom is 0.131 e. The first-order chi connectivity index (χ1) is 9.67. The van der Waals surface area contributed by atoms with Gasteiger partial charge in [-0.15, -0.1) is 0 Å². The van der Waals surface area contributed by atoms with Crippen LogP contribution in [0, 0.1) is 5.82 Å². The number of hydrogen-bond donors (Lipinski definition) is 0. The number of methoxy groups -OCH3 is 1. The lowest BCUT2D eigenvalue weighted by atomic mass is 9.99. The predicted octanol–water partition coefficient (Wildman–Crippen LogP) is 3.96. The molecule has 1 heterocycles. The van der Waals surface area contributed by atoms with Gasteiger partial charge in [-0.25, -0.2) is 4.39 Å². The van der Waals surface area contributed by atoms with Crippen molar-refractivity contribution >= 4 is 0 Å². The first-order valence-corrected chi connectivity index (χ1v) is 6.74. The van der Waals surface area contributed by atoms with Crippen LogP contribution < -0.4 is 4.74 Å². The lowest BCUT2D eigenvalue weighted by Gasteiger charge is -2.11. The Morgan fingerprint density at radius 1 is 1.30 bits per heavy atom. The molecule has 1 unspecified atom stereocenters. The molecule has 0 fully saturated rings. The summed E-state index contributed by atoms with van der Waals surface area (Å²) in [6, 6.07) is 11.1. The van der Waals surface area contributed by atoms with E-state index in [0.29, 0.717) is 6.61 Å². The lowest BCUT2D eigenvalue weighted by molar-refractivity contribution is 0.185. The van der Waals surface area contributed by atoms with Crippen LogP contribution in [-0.4, -0.2) is 13.2 Å². The Hall–Kier alpha value is -1.87. The van der Waals surface area contributed by atoms with E-state index in [1.54, 1.807) is 19.2 Å². The molecule has 0 aromatic heterocycles. The first kappa shape index (κ1) is 13.1. The van der Waals surface area contributed by atoms with E-state index in [9.17, 15) is 4.39 Å². The van der Waals surface area contributed by atoms with Crippen LogP contribution in [0.4, 0.5) is 4.39 Å². The van der Waals surface area contributed by atoms with Gasteiger partial charge in [-0.3, -0.25) is 0 Å². The monoisotopic (exact) mass is 272 g/mol. The van der Waals surface area contributed by atoms with Gasteiger partial charge >= 0.3 is 0 Å². The number of benzene rings is 2. The second-order valence-electron chi connectivity index (χ2n) is 5.21. The molecule has 20 heavy (non-hydrogen) atoms. The van der Waals surface area contributed by atoms with Crippen LogP contribution in [0.15, 0.2) is 36.4 Å². The summed E-state index contributed by atoms with van der Waals surface area (Å²) in [5.74, 6) is 0.599. The average Bonchev–Trinajstić information content (AvgIpc) is 2.78. The van der Waals surface area contributed by atoms with Crippen LogP contribution in [0.1, 0.15) is 18.1 Å². The van der Waals surface area contributed by atoms with E-state index < -0.39 is 0 Å². The largest absolute Gasteiger partial charge is 0.489 e. The molecule has 1 atom stereocenters. The molecule has 2 aromatic carbocycles. The summed E-state index contributed by atoms with van der Waals surface area (Å²) < 4.78 is 24.8. The standard InChI is InChI=1S/C17H17FO2/c1-11-6-14-8-15(18)9-16(17(14)20-11)13-5-3-4-12(7-13)10-19-2/h3-5,7-9,11H,6,10H2,1-2H3. The molecule has 3 heteroatoms. The van der Waals surface area contributed by atoms with Crippen molar-refractivity contribution in [3.05, 3.63) is 53.3 Å². The maximum absolute atomic E-state index is 13.8. The van der Waals surface area contributed by atoms with Crippen molar-refractivity contribution in [3.63, 3.8) is 0 Å². The van der Waals surface area contributed by atoms with E-state index in [1.807, 2.05) is 31.2 Å². The molecule has 2 nitrogen and oxygen atoms in total. The van der Waals surface area contributed by atoms with Crippen molar-refractivity contribution in [2.24, 2.45) is 0 Å². The van der Waals surface area contributed by atoms with E-state index in [4.69, 9.17) is 9.47 Å². The minimum Gasteiger partial charge on any atom is -0.489 e. The first-order valence-electron chi connectivity index (χ1n) is 6.74. The van der Waals surface area contributed by atoms with Gasteiger partial charge in [0.25, 0.3) is 0 Å². The quantitative estimate of drug-likeness (QED) is 0.842. The number of hydrogen-bond acceptors (Lipinski definition) is 2. The molecular weight excluding hydrogens is 255 g/mol. The molecule has 0 saturated carbocycles. The van der Waals surface area contributed by atoms with Gasteiger partial charge < -0.3 is 9.47 Å². The molecule has 104 valence electrons. The fourth-order valence-corrected chi connectivity index (χ4v) is 2.70. The van der Waals surface area contributed by atoms with Crippen molar-refractivity contribution < 1.29 is 13.9 Å². The summed E-state index contributed by atoms with van der Waals surface area (Å²) in [6.45, 7) is 2.55. The Kier molecular flexibility index (Phi) is 3.45. The Morgan fingerprint density at radius 2 is 2.15 bits per heavy atom. The maximum atomic E-state index is 13.8. The van der Waals surface area contributed by atoms with E-state index in [-0.39, 0.29) is 11.9 Å². The van der Waals surface area contributed by atoms with Crippen LogP contribution in [0.25, 0.3) is 11.1 Å². The van der Waals surface area contributed by atoms with Crippen LogP contribution >= 0.6 is 0 Å². The topological polar surface area (TPSA) is 18.5 Å². The summed E-state index contributed by atoms with van der Waals surface area (Å²) in [4.78, 5) is 0. The van der Waals surface area contributed by atoms with Crippen molar-refractivity contribution in [1.29, 1.82) is 0 Å². The smallest absolute Gasteiger partial charge is 0.131 e. The number of rotatable bonds is 3. The Bertz CT molecular complexity index is 637.